The molecule has 0 aliphatic carbocycles. The summed E-state index contributed by atoms with van der Waals surface area (Å²) < 4.78 is 65.1. The van der Waals surface area contributed by atoms with Crippen molar-refractivity contribution in [2.75, 3.05) is 24.5 Å². The van der Waals surface area contributed by atoms with Gasteiger partial charge in [0.1, 0.15) is 4.90 Å². The zero-order valence-corrected chi connectivity index (χ0v) is 21.8. The van der Waals surface area contributed by atoms with Crippen molar-refractivity contribution in [2.24, 2.45) is 5.73 Å². The summed E-state index contributed by atoms with van der Waals surface area (Å²) in [6.45, 7) is -1.26. The summed E-state index contributed by atoms with van der Waals surface area (Å²) in [5, 5.41) is 3.75. The van der Waals surface area contributed by atoms with Crippen LogP contribution in [0.2, 0.25) is 0 Å². The van der Waals surface area contributed by atoms with Crippen molar-refractivity contribution in [2.45, 2.75) is 62.5 Å². The number of alkyl halides is 2. The summed E-state index contributed by atoms with van der Waals surface area (Å²) in [7, 11) is -4.82. The number of amides is 3. The largest absolute Gasteiger partial charge is 0.431 e. The van der Waals surface area contributed by atoms with Crippen LogP contribution < -0.4 is 20.1 Å². The summed E-state index contributed by atoms with van der Waals surface area (Å²) in [5.41, 5.74) is 5.22. The zero-order chi connectivity index (χ0) is 28.3. The number of benzene rings is 1. The van der Waals surface area contributed by atoms with E-state index in [1.807, 2.05) is 4.72 Å². The number of carbonyl (C=O) groups is 3. The van der Waals surface area contributed by atoms with E-state index in [2.05, 4.69) is 14.9 Å². The van der Waals surface area contributed by atoms with Crippen LogP contribution in [0.25, 0.3) is 0 Å². The number of rotatable bonds is 9. The van der Waals surface area contributed by atoms with Crippen LogP contribution in [0, 0.1) is 6.92 Å². The van der Waals surface area contributed by atoms with Gasteiger partial charge in [-0.1, -0.05) is 11.2 Å². The summed E-state index contributed by atoms with van der Waals surface area (Å²) in [6, 6.07) is 1.48. The second kappa shape index (κ2) is 11.6. The molecular formula is C23H28F2N6O7S. The van der Waals surface area contributed by atoms with Gasteiger partial charge in [0.05, 0.1) is 5.69 Å². The van der Waals surface area contributed by atoms with E-state index >= 15 is 0 Å². The third-order valence-corrected chi connectivity index (χ3v) is 8.02. The van der Waals surface area contributed by atoms with E-state index in [4.69, 9.17) is 10.3 Å². The minimum atomic E-state index is -4.82. The van der Waals surface area contributed by atoms with Crippen LogP contribution in [0.15, 0.2) is 27.6 Å². The van der Waals surface area contributed by atoms with E-state index in [9.17, 15) is 31.6 Å². The number of hydrogen-bond donors (Lipinski definition) is 2. The Morgan fingerprint density at radius 2 is 1.92 bits per heavy atom. The second-order valence-electron chi connectivity index (χ2n) is 9.22. The highest BCUT2D eigenvalue weighted by atomic mass is 32.2. The minimum Gasteiger partial charge on any atom is -0.431 e. The highest BCUT2D eigenvalue weighted by Crippen LogP contribution is 2.38. The quantitative estimate of drug-likeness (QED) is 0.417. The molecule has 1 aromatic heterocycles. The number of carbonyl (C=O) groups excluding carboxylic acids is 3. The number of halogens is 2. The van der Waals surface area contributed by atoms with Crippen molar-refractivity contribution >= 4 is 33.4 Å². The van der Waals surface area contributed by atoms with Gasteiger partial charge < -0.3 is 24.8 Å². The van der Waals surface area contributed by atoms with Gasteiger partial charge in [0.15, 0.2) is 17.6 Å². The summed E-state index contributed by atoms with van der Waals surface area (Å²) in [6.07, 6.45) is 2.18. The fraction of sp³-hybridized carbons (Fsp3) is 0.522. The number of para-hydroxylation sites is 1. The fourth-order valence-electron chi connectivity index (χ4n) is 4.65. The Labute approximate surface area is 222 Å². The lowest BCUT2D eigenvalue weighted by Gasteiger charge is -2.32. The predicted molar refractivity (Wildman–Crippen MR) is 130 cm³/mol. The number of anilines is 1. The highest BCUT2D eigenvalue weighted by molar-refractivity contribution is 7.89. The van der Waals surface area contributed by atoms with Crippen molar-refractivity contribution in [1.82, 2.24) is 19.8 Å². The van der Waals surface area contributed by atoms with Crippen molar-refractivity contribution in [3.05, 3.63) is 29.9 Å². The summed E-state index contributed by atoms with van der Waals surface area (Å²) >= 11 is 0. The molecule has 2 aromatic rings. The molecule has 16 heteroatoms. The average Bonchev–Trinajstić information content (AvgIpc) is 3.33. The van der Waals surface area contributed by atoms with Crippen LogP contribution in [0.4, 0.5) is 14.5 Å². The Hall–Kier alpha value is -3.66. The van der Waals surface area contributed by atoms with Gasteiger partial charge in [-0.15, -0.1) is 0 Å². The first-order valence-corrected chi connectivity index (χ1v) is 13.7. The van der Waals surface area contributed by atoms with Gasteiger partial charge in [-0.05, 0) is 44.7 Å². The summed E-state index contributed by atoms with van der Waals surface area (Å²) in [5.74, 6) is -2.56. The van der Waals surface area contributed by atoms with E-state index in [1.54, 1.807) is 6.92 Å². The first-order valence-electron chi connectivity index (χ1n) is 12.3. The number of hydrogen-bond acceptors (Lipinski definition) is 9. The van der Waals surface area contributed by atoms with Gasteiger partial charge in [-0.2, -0.15) is 18.5 Å². The number of nitrogens with zero attached hydrogens (tertiary/aromatic N) is 4. The standard InChI is InChI=1S/C23H28F2N6O7S/c1-13-27-21(38-28-13)14-8-11-30(12-9-14)22(34)18(20(26)33)29-39(35,36)16-6-4-5-15(19(16)37-23(24)25)31-10-3-2-7-17(31)32/h4-6,14,18,23,29H,2-3,7-12H2,1H3,(H2,26,33)/t18-/m0/s1. The summed E-state index contributed by atoms with van der Waals surface area (Å²) in [4.78, 5) is 43.7. The molecule has 2 fully saturated rings. The Bertz CT molecular complexity index is 1340. The Balaban J connectivity index is 1.57. The maximum absolute atomic E-state index is 13.4. The first kappa shape index (κ1) is 28.4. The average molecular weight is 571 g/mol. The Morgan fingerprint density at radius 3 is 2.51 bits per heavy atom. The van der Waals surface area contributed by atoms with Gasteiger partial charge in [0.2, 0.25) is 33.6 Å². The van der Waals surface area contributed by atoms with Crippen LogP contribution in [0.3, 0.4) is 0 Å². The van der Waals surface area contributed by atoms with Gasteiger partial charge in [0, 0.05) is 32.0 Å². The molecule has 4 rings (SSSR count). The molecule has 0 radical (unpaired) electrons. The highest BCUT2D eigenvalue weighted by Gasteiger charge is 2.38. The molecule has 1 aromatic carbocycles. The molecule has 0 saturated carbocycles. The molecule has 2 aliphatic rings. The molecular weight excluding hydrogens is 542 g/mol. The molecule has 3 N–H and O–H groups in total. The van der Waals surface area contributed by atoms with E-state index < -0.39 is 45.1 Å². The third-order valence-electron chi connectivity index (χ3n) is 6.57. The number of nitrogens with two attached hydrogens (primary N) is 1. The van der Waals surface area contributed by atoms with Crippen molar-refractivity contribution in [3.63, 3.8) is 0 Å². The van der Waals surface area contributed by atoms with Gasteiger partial charge in [-0.25, -0.2) is 8.42 Å². The SMILES string of the molecule is Cc1noc(C2CCN(C(=O)[C@@H](NS(=O)(=O)c3cccc(N4CCCCC4=O)c3OC(F)F)C(N)=O)CC2)n1. The molecule has 212 valence electrons. The monoisotopic (exact) mass is 570 g/mol. The molecule has 1 atom stereocenters. The molecule has 39 heavy (non-hydrogen) atoms. The topological polar surface area (TPSA) is 178 Å². The Kier molecular flexibility index (Phi) is 8.44. The van der Waals surface area contributed by atoms with Gasteiger partial charge in [-0.3, -0.25) is 14.4 Å². The number of primary amides is 1. The normalized spacial score (nSPS) is 17.9. The third kappa shape index (κ3) is 6.33. The van der Waals surface area contributed by atoms with E-state index in [1.165, 1.54) is 21.9 Å². The molecule has 0 unspecified atom stereocenters. The smallest absolute Gasteiger partial charge is 0.387 e. The minimum absolute atomic E-state index is 0.117. The van der Waals surface area contributed by atoms with E-state index in [-0.39, 0.29) is 43.6 Å². The molecule has 2 aliphatic heterocycles. The van der Waals surface area contributed by atoms with Crippen LogP contribution in [-0.2, 0) is 24.4 Å². The van der Waals surface area contributed by atoms with Crippen molar-refractivity contribution in [1.29, 1.82) is 0 Å². The van der Waals surface area contributed by atoms with Gasteiger partial charge >= 0.3 is 6.61 Å². The van der Waals surface area contributed by atoms with Crippen LogP contribution in [-0.4, -0.2) is 73.5 Å². The lowest BCUT2D eigenvalue weighted by atomic mass is 9.96. The molecule has 0 bridgehead atoms. The van der Waals surface area contributed by atoms with Crippen molar-refractivity contribution in [3.8, 4) is 5.75 Å². The number of ether oxygens (including phenoxy) is 1. The van der Waals surface area contributed by atoms with Crippen LogP contribution in [0.5, 0.6) is 5.75 Å². The number of piperidine rings is 2. The maximum Gasteiger partial charge on any atom is 0.387 e. The van der Waals surface area contributed by atoms with Gasteiger partial charge in [0.25, 0.3) is 0 Å². The molecule has 2 saturated heterocycles. The number of aromatic nitrogens is 2. The first-order chi connectivity index (χ1) is 18.5. The molecule has 3 amide bonds. The number of aryl methyl sites for hydroxylation is 1. The zero-order valence-electron chi connectivity index (χ0n) is 21.0. The second-order valence-corrected chi connectivity index (χ2v) is 10.9. The Morgan fingerprint density at radius 1 is 1.21 bits per heavy atom. The van der Waals surface area contributed by atoms with Crippen LogP contribution in [0.1, 0.15) is 49.7 Å². The number of nitrogens with one attached hydrogen (secondary N) is 1. The predicted octanol–water partition coefficient (Wildman–Crippen LogP) is 1.03. The fourth-order valence-corrected chi connectivity index (χ4v) is 5.96. The molecule has 0 spiro atoms. The number of likely N-dealkylation sites (tertiary alicyclic amines) is 1. The molecule has 13 nitrogen and oxygen atoms in total. The number of sulfonamides is 1. The molecule has 3 heterocycles. The maximum atomic E-state index is 13.4. The van der Waals surface area contributed by atoms with E-state index in [0.29, 0.717) is 37.4 Å². The van der Waals surface area contributed by atoms with Crippen LogP contribution >= 0.6 is 0 Å². The lowest BCUT2D eigenvalue weighted by Crippen LogP contribution is -2.56. The lowest BCUT2D eigenvalue weighted by molar-refractivity contribution is -0.138. The van der Waals surface area contributed by atoms with E-state index in [0.717, 1.165) is 6.07 Å². The van der Waals surface area contributed by atoms with Crippen molar-refractivity contribution < 1.29 is 40.8 Å².